The Labute approximate surface area is 131 Å². The Morgan fingerprint density at radius 1 is 1.05 bits per heavy atom. The van der Waals surface area contributed by atoms with Crippen molar-refractivity contribution in [2.75, 3.05) is 52.6 Å². The van der Waals surface area contributed by atoms with Crippen LogP contribution in [0.4, 0.5) is 0 Å². The number of rotatable bonds is 4. The average Bonchev–Trinajstić information content (AvgIpc) is 3.19. The topological polar surface area (TPSA) is 51.0 Å². The molecule has 0 spiro atoms. The van der Waals surface area contributed by atoms with Crippen LogP contribution in [0.1, 0.15) is 23.4 Å². The van der Waals surface area contributed by atoms with Crippen LogP contribution >= 0.6 is 0 Å². The largest absolute Gasteiger partial charge is 0.381 e. The van der Waals surface area contributed by atoms with Crippen LogP contribution < -0.4 is 0 Å². The van der Waals surface area contributed by atoms with E-state index in [9.17, 15) is 0 Å². The second-order valence-corrected chi connectivity index (χ2v) is 6.63. The molecular weight excluding hydrogens is 282 g/mol. The van der Waals surface area contributed by atoms with Gasteiger partial charge in [-0.3, -0.25) is 9.80 Å². The zero-order chi connectivity index (χ0) is 14.8. The van der Waals surface area contributed by atoms with Crippen LogP contribution in [0.3, 0.4) is 0 Å². The molecule has 4 heterocycles. The minimum atomic E-state index is 0.698. The first-order valence-corrected chi connectivity index (χ1v) is 8.45. The van der Waals surface area contributed by atoms with Crippen molar-refractivity contribution in [2.24, 2.45) is 5.92 Å². The summed E-state index contributed by atoms with van der Waals surface area (Å²) < 4.78 is 16.5. The predicted octanol–water partition coefficient (Wildman–Crippen LogP) is 0.901. The van der Waals surface area contributed by atoms with Crippen molar-refractivity contribution in [3.8, 4) is 0 Å². The normalized spacial score (nSPS) is 27.2. The fraction of sp³-hybridized carbons (Fsp3) is 0.812. The van der Waals surface area contributed by atoms with E-state index >= 15 is 0 Å². The number of aromatic nitrogens is 1. The minimum Gasteiger partial charge on any atom is -0.381 e. The number of fused-ring (bicyclic) bond motifs is 1. The van der Waals surface area contributed by atoms with Crippen LogP contribution in [0, 0.1) is 5.92 Å². The molecule has 1 unspecified atom stereocenters. The van der Waals surface area contributed by atoms with Crippen LogP contribution in [0.2, 0.25) is 0 Å². The van der Waals surface area contributed by atoms with Gasteiger partial charge in [-0.15, -0.1) is 0 Å². The second-order valence-electron chi connectivity index (χ2n) is 6.63. The Morgan fingerprint density at radius 3 is 2.77 bits per heavy atom. The summed E-state index contributed by atoms with van der Waals surface area (Å²) in [5.74, 6) is 1.80. The summed E-state index contributed by atoms with van der Waals surface area (Å²) in [6.07, 6.45) is 2.19. The summed E-state index contributed by atoms with van der Waals surface area (Å²) in [5.41, 5.74) is 2.46. The van der Waals surface area contributed by atoms with Crippen molar-refractivity contribution in [2.45, 2.75) is 25.9 Å². The van der Waals surface area contributed by atoms with Gasteiger partial charge < -0.3 is 14.0 Å². The first kappa shape index (κ1) is 14.6. The van der Waals surface area contributed by atoms with Gasteiger partial charge in [0.15, 0.2) is 0 Å². The summed E-state index contributed by atoms with van der Waals surface area (Å²) in [6.45, 7) is 9.58. The van der Waals surface area contributed by atoms with Crippen molar-refractivity contribution in [3.63, 3.8) is 0 Å². The van der Waals surface area contributed by atoms with Gasteiger partial charge in [0.1, 0.15) is 11.5 Å². The molecule has 0 saturated carbocycles. The van der Waals surface area contributed by atoms with Crippen LogP contribution in [-0.2, 0) is 29.0 Å². The Kier molecular flexibility index (Phi) is 4.43. The van der Waals surface area contributed by atoms with E-state index in [-0.39, 0.29) is 0 Å². The summed E-state index contributed by atoms with van der Waals surface area (Å²) in [5, 5.41) is 4.35. The number of ether oxygens (including phenoxy) is 2. The van der Waals surface area contributed by atoms with Gasteiger partial charge in [-0.05, 0) is 12.3 Å². The average molecular weight is 307 g/mol. The summed E-state index contributed by atoms with van der Waals surface area (Å²) >= 11 is 0. The molecule has 2 fully saturated rings. The van der Waals surface area contributed by atoms with Gasteiger partial charge in [0.2, 0.25) is 0 Å². The second kappa shape index (κ2) is 6.66. The lowest BCUT2D eigenvalue weighted by atomic mass is 10.0. The third kappa shape index (κ3) is 3.20. The van der Waals surface area contributed by atoms with E-state index in [1.807, 2.05) is 0 Å². The molecule has 1 aromatic rings. The molecule has 0 radical (unpaired) electrons. The van der Waals surface area contributed by atoms with Crippen LogP contribution in [-0.4, -0.2) is 67.6 Å². The molecule has 6 heteroatoms. The van der Waals surface area contributed by atoms with Crippen LogP contribution in [0.5, 0.6) is 0 Å². The van der Waals surface area contributed by atoms with Crippen LogP contribution in [0.25, 0.3) is 0 Å². The van der Waals surface area contributed by atoms with E-state index in [4.69, 9.17) is 14.0 Å². The van der Waals surface area contributed by atoms with E-state index in [0.29, 0.717) is 5.92 Å². The quantitative estimate of drug-likeness (QED) is 0.824. The van der Waals surface area contributed by atoms with Gasteiger partial charge in [0.25, 0.3) is 0 Å². The summed E-state index contributed by atoms with van der Waals surface area (Å²) in [4.78, 5) is 4.95. The Bertz CT molecular complexity index is 493. The monoisotopic (exact) mass is 307 g/mol. The zero-order valence-electron chi connectivity index (χ0n) is 13.1. The molecule has 1 aromatic heterocycles. The SMILES string of the molecule is C1CN(Cc2noc3c2CN(CC2CCOC2)CC3)CCO1. The van der Waals surface area contributed by atoms with Crippen molar-refractivity contribution >= 4 is 0 Å². The highest BCUT2D eigenvalue weighted by Crippen LogP contribution is 2.25. The van der Waals surface area contributed by atoms with Gasteiger partial charge in [0.05, 0.1) is 19.8 Å². The Morgan fingerprint density at radius 2 is 1.95 bits per heavy atom. The van der Waals surface area contributed by atoms with Gasteiger partial charge in [-0.1, -0.05) is 5.16 Å². The highest BCUT2D eigenvalue weighted by atomic mass is 16.5. The summed E-state index contributed by atoms with van der Waals surface area (Å²) in [6, 6.07) is 0. The third-order valence-electron chi connectivity index (χ3n) is 5.01. The molecule has 0 aromatic carbocycles. The fourth-order valence-corrected chi connectivity index (χ4v) is 3.66. The highest BCUT2D eigenvalue weighted by Gasteiger charge is 2.27. The lowest BCUT2D eigenvalue weighted by Gasteiger charge is -2.29. The molecule has 22 heavy (non-hydrogen) atoms. The molecule has 0 amide bonds. The molecule has 0 bridgehead atoms. The third-order valence-corrected chi connectivity index (χ3v) is 5.01. The van der Waals surface area contributed by atoms with Crippen molar-refractivity contribution < 1.29 is 14.0 Å². The maximum absolute atomic E-state index is 5.59. The Hall–Kier alpha value is -0.950. The number of hydrogen-bond donors (Lipinski definition) is 0. The van der Waals surface area contributed by atoms with Gasteiger partial charge in [-0.2, -0.15) is 0 Å². The molecule has 3 aliphatic heterocycles. The smallest absolute Gasteiger partial charge is 0.142 e. The van der Waals surface area contributed by atoms with E-state index in [1.165, 1.54) is 12.0 Å². The lowest BCUT2D eigenvalue weighted by molar-refractivity contribution is 0.0330. The summed E-state index contributed by atoms with van der Waals surface area (Å²) in [7, 11) is 0. The predicted molar refractivity (Wildman–Crippen MR) is 80.5 cm³/mol. The molecule has 122 valence electrons. The van der Waals surface area contributed by atoms with E-state index in [1.54, 1.807) is 0 Å². The van der Waals surface area contributed by atoms with E-state index < -0.39 is 0 Å². The molecule has 2 saturated heterocycles. The molecule has 1 atom stereocenters. The van der Waals surface area contributed by atoms with E-state index in [0.717, 1.165) is 83.6 Å². The highest BCUT2D eigenvalue weighted by molar-refractivity contribution is 5.25. The molecule has 6 nitrogen and oxygen atoms in total. The maximum Gasteiger partial charge on any atom is 0.142 e. The van der Waals surface area contributed by atoms with Crippen molar-refractivity contribution in [1.82, 2.24) is 15.0 Å². The number of morpholine rings is 1. The lowest BCUT2D eigenvalue weighted by Crippen LogP contribution is -2.37. The fourth-order valence-electron chi connectivity index (χ4n) is 3.66. The van der Waals surface area contributed by atoms with Crippen LogP contribution in [0.15, 0.2) is 4.52 Å². The number of hydrogen-bond acceptors (Lipinski definition) is 6. The van der Waals surface area contributed by atoms with E-state index in [2.05, 4.69) is 15.0 Å². The minimum absolute atomic E-state index is 0.698. The molecule has 0 N–H and O–H groups in total. The number of nitrogens with zero attached hydrogens (tertiary/aromatic N) is 3. The first-order valence-electron chi connectivity index (χ1n) is 8.45. The molecule has 4 rings (SSSR count). The van der Waals surface area contributed by atoms with Crippen molar-refractivity contribution in [1.29, 1.82) is 0 Å². The van der Waals surface area contributed by atoms with Gasteiger partial charge in [-0.25, -0.2) is 0 Å². The molecule has 3 aliphatic rings. The Balaban J connectivity index is 1.40. The standard InChI is InChI=1S/C16H25N3O3/c1-3-19(9-13-2-6-21-12-13)10-14-15(17-22-16(1)14)11-18-4-7-20-8-5-18/h13H,1-12H2. The van der Waals surface area contributed by atoms with Gasteiger partial charge in [0, 0.05) is 57.9 Å². The molecule has 0 aliphatic carbocycles. The molecular formula is C16H25N3O3. The maximum atomic E-state index is 5.59. The zero-order valence-corrected chi connectivity index (χ0v) is 13.1. The van der Waals surface area contributed by atoms with Gasteiger partial charge >= 0.3 is 0 Å². The first-order chi connectivity index (χ1) is 10.9. The van der Waals surface area contributed by atoms with Crippen molar-refractivity contribution in [3.05, 3.63) is 17.0 Å².